The van der Waals surface area contributed by atoms with Crippen molar-refractivity contribution in [3.8, 4) is 5.75 Å². The van der Waals surface area contributed by atoms with Crippen molar-refractivity contribution in [1.29, 1.82) is 0 Å². The second-order valence-electron chi connectivity index (χ2n) is 6.08. The van der Waals surface area contributed by atoms with Crippen molar-refractivity contribution >= 4 is 27.7 Å². The third-order valence-corrected chi connectivity index (χ3v) is 4.20. The van der Waals surface area contributed by atoms with Gasteiger partial charge in [-0.3, -0.25) is 4.90 Å². The minimum atomic E-state index is -0.483. The molecule has 0 unspecified atom stereocenters. The van der Waals surface area contributed by atoms with E-state index in [-0.39, 0.29) is 12.7 Å². The number of benzene rings is 2. The van der Waals surface area contributed by atoms with E-state index in [4.69, 9.17) is 9.47 Å². The van der Waals surface area contributed by atoms with E-state index < -0.39 is 5.60 Å². The Morgan fingerprint density at radius 2 is 1.96 bits per heavy atom. The smallest absolute Gasteiger partial charge is 0.414 e. The summed E-state index contributed by atoms with van der Waals surface area (Å²) in [5, 5.41) is 0. The van der Waals surface area contributed by atoms with E-state index in [2.05, 4.69) is 15.9 Å². The summed E-state index contributed by atoms with van der Waals surface area (Å²) >= 11 is 3.48. The Labute approximate surface area is 144 Å². The van der Waals surface area contributed by atoms with Crippen LogP contribution >= 0.6 is 15.9 Å². The largest absolute Gasteiger partial charge is 0.483 e. The molecule has 0 radical (unpaired) electrons. The lowest BCUT2D eigenvalue weighted by atomic mass is 10.1. The summed E-state index contributed by atoms with van der Waals surface area (Å²) in [5.41, 5.74) is 1.20. The van der Waals surface area contributed by atoms with Gasteiger partial charge >= 0.3 is 6.09 Å². The zero-order valence-electron chi connectivity index (χ0n) is 13.1. The normalized spacial score (nSPS) is 15.5. The maximum absolute atomic E-state index is 12.6. The standard InChI is InChI=1S/C18H18BrNO3/c1-18(2)12-20(15-10-6-9-14(19)16(15)23-18)17(21)22-11-13-7-4-3-5-8-13/h3-10H,11-12H2,1-2H3. The third-order valence-electron chi connectivity index (χ3n) is 3.58. The van der Waals surface area contributed by atoms with Crippen LogP contribution in [0.2, 0.25) is 0 Å². The first kappa shape index (κ1) is 15.9. The first-order chi connectivity index (χ1) is 11.0. The first-order valence-corrected chi connectivity index (χ1v) is 8.21. The molecule has 0 atom stereocenters. The Balaban J connectivity index is 1.81. The Hall–Kier alpha value is -2.01. The maximum atomic E-state index is 12.6. The van der Waals surface area contributed by atoms with Gasteiger partial charge in [0.15, 0.2) is 5.75 Å². The number of hydrogen-bond donors (Lipinski definition) is 0. The number of hydrogen-bond acceptors (Lipinski definition) is 3. The van der Waals surface area contributed by atoms with Crippen LogP contribution in [-0.2, 0) is 11.3 Å². The number of carbonyl (C=O) groups is 1. The second kappa shape index (κ2) is 6.24. The number of ether oxygens (including phenoxy) is 2. The number of fused-ring (bicyclic) bond motifs is 1. The molecule has 3 rings (SSSR count). The molecule has 1 aliphatic heterocycles. The predicted octanol–water partition coefficient (Wildman–Crippen LogP) is 4.76. The van der Waals surface area contributed by atoms with Crippen LogP contribution in [0.1, 0.15) is 19.4 Å². The number of anilines is 1. The molecule has 0 N–H and O–H groups in total. The summed E-state index contributed by atoms with van der Waals surface area (Å²) in [4.78, 5) is 14.2. The average Bonchev–Trinajstić information content (AvgIpc) is 2.53. The monoisotopic (exact) mass is 375 g/mol. The number of amides is 1. The van der Waals surface area contributed by atoms with Gasteiger partial charge in [0.2, 0.25) is 0 Å². The lowest BCUT2D eigenvalue weighted by Crippen LogP contribution is -2.49. The number of rotatable bonds is 2. The molecule has 0 saturated carbocycles. The van der Waals surface area contributed by atoms with Crippen LogP contribution < -0.4 is 9.64 Å². The van der Waals surface area contributed by atoms with Crippen molar-refractivity contribution in [3.05, 3.63) is 58.6 Å². The Morgan fingerprint density at radius 3 is 2.70 bits per heavy atom. The van der Waals surface area contributed by atoms with Gasteiger partial charge in [-0.25, -0.2) is 4.79 Å². The fourth-order valence-corrected chi connectivity index (χ4v) is 2.98. The van der Waals surface area contributed by atoms with Gasteiger partial charge in [-0.2, -0.15) is 0 Å². The highest BCUT2D eigenvalue weighted by atomic mass is 79.9. The molecule has 1 amide bonds. The van der Waals surface area contributed by atoms with Crippen molar-refractivity contribution in [2.45, 2.75) is 26.1 Å². The molecule has 0 bridgehead atoms. The topological polar surface area (TPSA) is 38.8 Å². The van der Waals surface area contributed by atoms with Crippen LogP contribution in [-0.4, -0.2) is 18.2 Å². The highest BCUT2D eigenvalue weighted by Crippen LogP contribution is 2.42. The molecule has 120 valence electrons. The molecule has 0 saturated heterocycles. The number of carbonyl (C=O) groups excluding carboxylic acids is 1. The third kappa shape index (κ3) is 3.50. The Kier molecular flexibility index (Phi) is 4.31. The SMILES string of the molecule is CC1(C)CN(C(=O)OCc2ccccc2)c2cccc(Br)c2O1. The molecule has 0 fully saturated rings. The second-order valence-corrected chi connectivity index (χ2v) is 6.93. The van der Waals surface area contributed by atoms with E-state index in [1.165, 1.54) is 0 Å². The Bertz CT molecular complexity index is 715. The molecule has 5 heteroatoms. The Morgan fingerprint density at radius 1 is 1.22 bits per heavy atom. The molecule has 4 nitrogen and oxygen atoms in total. The van der Waals surface area contributed by atoms with Crippen LogP contribution in [0.15, 0.2) is 53.0 Å². The molecular weight excluding hydrogens is 358 g/mol. The van der Waals surface area contributed by atoms with Gasteiger partial charge in [-0.15, -0.1) is 0 Å². The van der Waals surface area contributed by atoms with E-state index in [1.54, 1.807) is 4.90 Å². The molecule has 2 aromatic carbocycles. The minimum Gasteiger partial charge on any atom is -0.483 e. The molecule has 1 heterocycles. The number of halogens is 1. The fraction of sp³-hybridized carbons (Fsp3) is 0.278. The molecular formula is C18H18BrNO3. The van der Waals surface area contributed by atoms with Gasteiger partial charge in [-0.1, -0.05) is 36.4 Å². The van der Waals surface area contributed by atoms with Gasteiger partial charge < -0.3 is 9.47 Å². The summed E-state index contributed by atoms with van der Waals surface area (Å²) in [6, 6.07) is 15.3. The van der Waals surface area contributed by atoms with Crippen molar-refractivity contribution in [1.82, 2.24) is 0 Å². The maximum Gasteiger partial charge on any atom is 0.414 e. The van der Waals surface area contributed by atoms with Crippen molar-refractivity contribution in [3.63, 3.8) is 0 Å². The highest BCUT2D eigenvalue weighted by Gasteiger charge is 2.36. The predicted molar refractivity (Wildman–Crippen MR) is 92.8 cm³/mol. The first-order valence-electron chi connectivity index (χ1n) is 7.42. The molecule has 1 aliphatic rings. The lowest BCUT2D eigenvalue weighted by Gasteiger charge is -2.39. The fourth-order valence-electron chi connectivity index (χ4n) is 2.55. The zero-order chi connectivity index (χ0) is 16.4. The van der Waals surface area contributed by atoms with E-state index in [1.807, 2.05) is 62.4 Å². The molecule has 0 aliphatic carbocycles. The van der Waals surface area contributed by atoms with Crippen LogP contribution in [0.25, 0.3) is 0 Å². The lowest BCUT2D eigenvalue weighted by molar-refractivity contribution is 0.0936. The zero-order valence-corrected chi connectivity index (χ0v) is 14.7. The van der Waals surface area contributed by atoms with Gasteiger partial charge in [-0.05, 0) is 47.5 Å². The van der Waals surface area contributed by atoms with Crippen LogP contribution in [0.4, 0.5) is 10.5 Å². The summed E-state index contributed by atoms with van der Waals surface area (Å²) in [6.45, 7) is 4.59. The summed E-state index contributed by atoms with van der Waals surface area (Å²) in [6.07, 6.45) is -0.371. The summed E-state index contributed by atoms with van der Waals surface area (Å²) in [7, 11) is 0. The van der Waals surface area contributed by atoms with Crippen LogP contribution in [0, 0.1) is 0 Å². The van der Waals surface area contributed by atoms with Crippen molar-refractivity contribution in [2.75, 3.05) is 11.4 Å². The van der Waals surface area contributed by atoms with Crippen LogP contribution in [0.3, 0.4) is 0 Å². The van der Waals surface area contributed by atoms with Gasteiger partial charge in [0, 0.05) is 0 Å². The van der Waals surface area contributed by atoms with Gasteiger partial charge in [0.05, 0.1) is 16.7 Å². The number of para-hydroxylation sites is 1. The number of nitrogens with zero attached hydrogens (tertiary/aromatic N) is 1. The summed E-state index contributed by atoms with van der Waals surface area (Å²) in [5.74, 6) is 0.667. The molecule has 0 aromatic heterocycles. The van der Waals surface area contributed by atoms with Crippen molar-refractivity contribution < 1.29 is 14.3 Å². The minimum absolute atomic E-state index is 0.251. The average molecular weight is 376 g/mol. The van der Waals surface area contributed by atoms with Gasteiger partial charge in [0.1, 0.15) is 12.2 Å². The van der Waals surface area contributed by atoms with E-state index in [9.17, 15) is 4.79 Å². The summed E-state index contributed by atoms with van der Waals surface area (Å²) < 4.78 is 12.3. The van der Waals surface area contributed by atoms with Crippen molar-refractivity contribution in [2.24, 2.45) is 0 Å². The molecule has 0 spiro atoms. The van der Waals surface area contributed by atoms with Gasteiger partial charge in [0.25, 0.3) is 0 Å². The highest BCUT2D eigenvalue weighted by molar-refractivity contribution is 9.10. The molecule has 2 aromatic rings. The van der Waals surface area contributed by atoms with E-state index in [0.717, 1.165) is 15.7 Å². The van der Waals surface area contributed by atoms with Crippen LogP contribution in [0.5, 0.6) is 5.75 Å². The van der Waals surface area contributed by atoms with E-state index in [0.29, 0.717) is 12.3 Å². The quantitative estimate of drug-likeness (QED) is 0.759. The molecule has 23 heavy (non-hydrogen) atoms. The van der Waals surface area contributed by atoms with E-state index >= 15 is 0 Å².